The third kappa shape index (κ3) is 5.33. The van der Waals surface area contributed by atoms with Gasteiger partial charge in [0.1, 0.15) is 18.2 Å². The van der Waals surface area contributed by atoms with E-state index in [1.807, 2.05) is 0 Å². The van der Waals surface area contributed by atoms with Gasteiger partial charge < -0.3 is 10.1 Å². The molecule has 0 spiro atoms. The van der Waals surface area contributed by atoms with Crippen molar-refractivity contribution in [1.82, 2.24) is 5.32 Å². The lowest BCUT2D eigenvalue weighted by Crippen LogP contribution is -2.32. The number of hydrogen-bond donors (Lipinski definition) is 1. The molecule has 0 fully saturated rings. The zero-order valence-corrected chi connectivity index (χ0v) is 11.2. The lowest BCUT2D eigenvalue weighted by Gasteiger charge is -2.19. The van der Waals surface area contributed by atoms with Crippen molar-refractivity contribution < 1.29 is 19.1 Å². The molecule has 0 unspecified atom stereocenters. The molecule has 0 aromatic heterocycles. The fourth-order valence-electron chi connectivity index (χ4n) is 1.47. The van der Waals surface area contributed by atoms with Gasteiger partial charge in [0.25, 0.3) is 0 Å². The zero-order chi connectivity index (χ0) is 14.5. The quantitative estimate of drug-likeness (QED) is 0.846. The topological polar surface area (TPSA) is 72.5 Å². The van der Waals surface area contributed by atoms with Gasteiger partial charge in [-0.3, -0.25) is 9.59 Å². The Bertz CT molecular complexity index is 462. The number of hydrogen-bond acceptors (Lipinski definition) is 4. The SMILES string of the molecule is CC(C)(C)OC(=O)NCc1cc(C=O)cc(C=O)c1. The summed E-state index contributed by atoms with van der Waals surface area (Å²) >= 11 is 0. The van der Waals surface area contributed by atoms with Crippen LogP contribution in [-0.2, 0) is 11.3 Å². The van der Waals surface area contributed by atoms with E-state index >= 15 is 0 Å². The number of rotatable bonds is 4. The first-order valence-electron chi connectivity index (χ1n) is 5.85. The molecule has 1 N–H and O–H groups in total. The maximum Gasteiger partial charge on any atom is 0.407 e. The molecule has 1 amide bonds. The van der Waals surface area contributed by atoms with Crippen molar-refractivity contribution in [2.45, 2.75) is 32.9 Å². The van der Waals surface area contributed by atoms with E-state index in [2.05, 4.69) is 5.32 Å². The summed E-state index contributed by atoms with van der Waals surface area (Å²) in [5, 5.41) is 2.57. The van der Waals surface area contributed by atoms with Gasteiger partial charge in [0, 0.05) is 17.7 Å². The lowest BCUT2D eigenvalue weighted by atomic mass is 10.1. The summed E-state index contributed by atoms with van der Waals surface area (Å²) in [6.07, 6.45) is 0.769. The third-order valence-corrected chi connectivity index (χ3v) is 2.15. The molecule has 0 saturated heterocycles. The van der Waals surface area contributed by atoms with Crippen LogP contribution in [0.1, 0.15) is 47.1 Å². The molecule has 19 heavy (non-hydrogen) atoms. The molecule has 0 aliphatic carbocycles. The number of alkyl carbamates (subject to hydrolysis) is 1. The van der Waals surface area contributed by atoms with Gasteiger partial charge >= 0.3 is 6.09 Å². The molecule has 0 aliphatic heterocycles. The average molecular weight is 263 g/mol. The highest BCUT2D eigenvalue weighted by Gasteiger charge is 2.15. The van der Waals surface area contributed by atoms with Crippen LogP contribution < -0.4 is 5.32 Å². The molecule has 0 radical (unpaired) electrons. The van der Waals surface area contributed by atoms with Crippen LogP contribution in [0.5, 0.6) is 0 Å². The molecule has 0 saturated carbocycles. The van der Waals surface area contributed by atoms with E-state index in [0.717, 1.165) is 0 Å². The van der Waals surface area contributed by atoms with E-state index in [4.69, 9.17) is 4.74 Å². The van der Waals surface area contributed by atoms with E-state index in [1.165, 1.54) is 6.07 Å². The molecular weight excluding hydrogens is 246 g/mol. The van der Waals surface area contributed by atoms with Crippen molar-refractivity contribution in [3.8, 4) is 0 Å². The van der Waals surface area contributed by atoms with E-state index < -0.39 is 11.7 Å². The van der Waals surface area contributed by atoms with Gasteiger partial charge in [0.2, 0.25) is 0 Å². The Morgan fingerprint density at radius 2 is 1.68 bits per heavy atom. The predicted octanol–water partition coefficient (Wildman–Crippen LogP) is 2.34. The maximum atomic E-state index is 11.5. The Kier molecular flexibility index (Phi) is 4.80. The fraction of sp³-hybridized carbons (Fsp3) is 0.357. The molecular formula is C14H17NO4. The van der Waals surface area contributed by atoms with E-state index in [-0.39, 0.29) is 6.54 Å². The monoisotopic (exact) mass is 263 g/mol. The van der Waals surface area contributed by atoms with Crippen molar-refractivity contribution in [2.24, 2.45) is 0 Å². The lowest BCUT2D eigenvalue weighted by molar-refractivity contribution is 0.0523. The summed E-state index contributed by atoms with van der Waals surface area (Å²) < 4.78 is 5.08. The van der Waals surface area contributed by atoms with Crippen LogP contribution in [0.4, 0.5) is 4.79 Å². The first-order chi connectivity index (χ1) is 8.84. The van der Waals surface area contributed by atoms with Crippen LogP contribution in [0.25, 0.3) is 0 Å². The minimum atomic E-state index is -0.567. The Morgan fingerprint density at radius 1 is 1.16 bits per heavy atom. The van der Waals surface area contributed by atoms with Crippen LogP contribution in [0.15, 0.2) is 18.2 Å². The third-order valence-electron chi connectivity index (χ3n) is 2.15. The summed E-state index contributed by atoms with van der Waals surface area (Å²) in [6, 6.07) is 4.70. The Balaban J connectivity index is 2.69. The van der Waals surface area contributed by atoms with Crippen molar-refractivity contribution in [3.05, 3.63) is 34.9 Å². The number of nitrogens with one attached hydrogen (secondary N) is 1. The highest BCUT2D eigenvalue weighted by atomic mass is 16.6. The van der Waals surface area contributed by atoms with Gasteiger partial charge in [-0.15, -0.1) is 0 Å². The number of benzene rings is 1. The number of carbonyl (C=O) groups excluding carboxylic acids is 3. The second-order valence-electron chi connectivity index (χ2n) is 5.10. The van der Waals surface area contributed by atoms with Crippen LogP contribution in [-0.4, -0.2) is 24.3 Å². The van der Waals surface area contributed by atoms with Crippen molar-refractivity contribution >= 4 is 18.7 Å². The van der Waals surface area contributed by atoms with Crippen LogP contribution in [0.2, 0.25) is 0 Å². The van der Waals surface area contributed by atoms with Gasteiger partial charge in [-0.1, -0.05) is 0 Å². The normalized spacial score (nSPS) is 10.7. The van der Waals surface area contributed by atoms with Crippen LogP contribution >= 0.6 is 0 Å². The summed E-state index contributed by atoms with van der Waals surface area (Å²) in [6.45, 7) is 5.50. The molecule has 5 heteroatoms. The van der Waals surface area contributed by atoms with Crippen molar-refractivity contribution in [2.75, 3.05) is 0 Å². The smallest absolute Gasteiger partial charge is 0.407 e. The Morgan fingerprint density at radius 3 is 2.11 bits per heavy atom. The molecule has 1 rings (SSSR count). The average Bonchev–Trinajstić information content (AvgIpc) is 2.33. The van der Waals surface area contributed by atoms with Gasteiger partial charge in [0.05, 0.1) is 0 Å². The molecule has 5 nitrogen and oxygen atoms in total. The largest absolute Gasteiger partial charge is 0.444 e. The van der Waals surface area contributed by atoms with Gasteiger partial charge in [-0.25, -0.2) is 4.79 Å². The van der Waals surface area contributed by atoms with Crippen LogP contribution in [0, 0.1) is 0 Å². The van der Waals surface area contributed by atoms with E-state index in [9.17, 15) is 14.4 Å². The van der Waals surface area contributed by atoms with Crippen LogP contribution in [0.3, 0.4) is 0 Å². The second kappa shape index (κ2) is 6.13. The first-order valence-corrected chi connectivity index (χ1v) is 5.85. The highest BCUT2D eigenvalue weighted by molar-refractivity contribution is 5.82. The molecule has 1 aromatic rings. The first kappa shape index (κ1) is 14.9. The van der Waals surface area contributed by atoms with Crippen molar-refractivity contribution in [3.63, 3.8) is 0 Å². The van der Waals surface area contributed by atoms with E-state index in [1.54, 1.807) is 32.9 Å². The summed E-state index contributed by atoms with van der Waals surface area (Å²) in [4.78, 5) is 32.9. The summed E-state index contributed by atoms with van der Waals surface area (Å²) in [5.41, 5.74) is 0.886. The summed E-state index contributed by atoms with van der Waals surface area (Å²) in [5.74, 6) is 0. The fourth-order valence-corrected chi connectivity index (χ4v) is 1.47. The molecule has 0 aliphatic rings. The molecule has 0 bridgehead atoms. The van der Waals surface area contributed by atoms with Gasteiger partial charge in [0.15, 0.2) is 0 Å². The molecule has 1 aromatic carbocycles. The standard InChI is InChI=1S/C14H17NO4/c1-14(2,3)19-13(18)15-7-10-4-11(8-16)6-12(5-10)9-17/h4-6,8-9H,7H2,1-3H3,(H,15,18). The highest BCUT2D eigenvalue weighted by Crippen LogP contribution is 2.09. The van der Waals surface area contributed by atoms with Gasteiger partial charge in [-0.2, -0.15) is 0 Å². The predicted molar refractivity (Wildman–Crippen MR) is 70.3 cm³/mol. The number of ether oxygens (including phenoxy) is 1. The number of aldehydes is 2. The molecule has 0 heterocycles. The Hall–Kier alpha value is -2.17. The molecule has 102 valence electrons. The minimum absolute atomic E-state index is 0.192. The minimum Gasteiger partial charge on any atom is -0.444 e. The molecule has 0 atom stereocenters. The van der Waals surface area contributed by atoms with Crippen molar-refractivity contribution in [1.29, 1.82) is 0 Å². The second-order valence-corrected chi connectivity index (χ2v) is 5.10. The van der Waals surface area contributed by atoms with E-state index in [0.29, 0.717) is 29.3 Å². The number of amides is 1. The maximum absolute atomic E-state index is 11.5. The zero-order valence-electron chi connectivity index (χ0n) is 11.2. The summed E-state index contributed by atoms with van der Waals surface area (Å²) in [7, 11) is 0. The van der Waals surface area contributed by atoms with Gasteiger partial charge in [-0.05, 0) is 44.5 Å². The Labute approximate surface area is 111 Å². The number of carbonyl (C=O) groups is 3.